The van der Waals surface area contributed by atoms with Crippen LogP contribution in [-0.2, 0) is 0 Å². The Balaban J connectivity index is 1.14. The van der Waals surface area contributed by atoms with Crippen LogP contribution in [0.25, 0.3) is 121 Å². The zero-order valence-electron chi connectivity index (χ0n) is 31.8. The summed E-state index contributed by atoms with van der Waals surface area (Å²) in [7, 11) is 0. The van der Waals surface area contributed by atoms with Gasteiger partial charge in [0.1, 0.15) is 16.2 Å². The summed E-state index contributed by atoms with van der Waals surface area (Å²) in [6.07, 6.45) is 0. The van der Waals surface area contributed by atoms with Crippen molar-refractivity contribution in [2.24, 2.45) is 0 Å². The van der Waals surface area contributed by atoms with Crippen molar-refractivity contribution >= 4 is 87.1 Å². The summed E-state index contributed by atoms with van der Waals surface area (Å²) in [5.41, 5.74) is 10.6. The number of benzene rings is 8. The number of furan rings is 1. The Morgan fingerprint density at radius 3 is 1.88 bits per heavy atom. The molecule has 8 heteroatoms. The third-order valence-electron chi connectivity index (χ3n) is 11.6. The number of hydrogen-bond acceptors (Lipinski definition) is 6. The van der Waals surface area contributed by atoms with Gasteiger partial charge in [-0.1, -0.05) is 133 Å². The highest BCUT2D eigenvalue weighted by atomic mass is 32.1. The van der Waals surface area contributed by atoms with E-state index in [-0.39, 0.29) is 0 Å². The average Bonchev–Trinajstić information content (AvgIpc) is 4.09. The third kappa shape index (κ3) is 4.88. The van der Waals surface area contributed by atoms with Crippen molar-refractivity contribution in [2.75, 3.05) is 0 Å². The smallest absolute Gasteiger partial charge is 0.238 e. The molecule has 0 unspecified atom stereocenters. The van der Waals surface area contributed by atoms with Gasteiger partial charge in [-0.15, -0.1) is 11.3 Å². The second-order valence-electron chi connectivity index (χ2n) is 15.0. The lowest BCUT2D eigenvalue weighted by Crippen LogP contribution is -2.07. The van der Waals surface area contributed by atoms with Crippen LogP contribution in [0.1, 0.15) is 0 Å². The molecule has 60 heavy (non-hydrogen) atoms. The highest BCUT2D eigenvalue weighted by Crippen LogP contribution is 2.43. The Morgan fingerprint density at radius 2 is 1.07 bits per heavy atom. The lowest BCUT2D eigenvalue weighted by Gasteiger charge is -2.14. The van der Waals surface area contributed by atoms with Crippen LogP contribution in [0.4, 0.5) is 0 Å². The van der Waals surface area contributed by atoms with Crippen molar-refractivity contribution in [3.8, 4) is 45.0 Å². The number of fused-ring (bicyclic) bond motifs is 11. The lowest BCUT2D eigenvalue weighted by molar-refractivity contribution is 0.669. The number of nitrogens with zero attached hydrogens (tertiary/aromatic N) is 6. The van der Waals surface area contributed by atoms with Crippen molar-refractivity contribution in [3.63, 3.8) is 0 Å². The monoisotopic (exact) mass is 786 g/mol. The summed E-state index contributed by atoms with van der Waals surface area (Å²) in [5, 5.41) is 7.57. The van der Waals surface area contributed by atoms with E-state index in [1.54, 1.807) is 11.3 Å². The summed E-state index contributed by atoms with van der Waals surface area (Å²) in [6.45, 7) is 0. The van der Waals surface area contributed by atoms with E-state index in [0.29, 0.717) is 17.6 Å². The van der Waals surface area contributed by atoms with Crippen LogP contribution in [0.5, 0.6) is 0 Å². The van der Waals surface area contributed by atoms with Crippen molar-refractivity contribution in [2.45, 2.75) is 0 Å². The van der Waals surface area contributed by atoms with Crippen molar-refractivity contribution in [1.29, 1.82) is 0 Å². The van der Waals surface area contributed by atoms with Crippen molar-refractivity contribution < 1.29 is 4.42 Å². The Bertz CT molecular complexity index is 3820. The predicted octanol–water partition coefficient (Wildman–Crippen LogP) is 13.6. The molecule has 0 radical (unpaired) electrons. The van der Waals surface area contributed by atoms with Crippen LogP contribution in [0.3, 0.4) is 0 Å². The number of rotatable bonds is 5. The van der Waals surface area contributed by atoms with Gasteiger partial charge in [-0.3, -0.25) is 4.57 Å². The Hall–Kier alpha value is -7.94. The quantitative estimate of drug-likeness (QED) is 0.174. The molecule has 0 fully saturated rings. The van der Waals surface area contributed by atoms with Gasteiger partial charge in [0, 0.05) is 49.1 Å². The molecule has 0 amide bonds. The van der Waals surface area contributed by atoms with Gasteiger partial charge in [-0.05, 0) is 48.5 Å². The number of hydrogen-bond donors (Lipinski definition) is 0. The van der Waals surface area contributed by atoms with Gasteiger partial charge in [-0.25, -0.2) is 9.97 Å². The maximum atomic E-state index is 6.56. The molecule has 8 aromatic carbocycles. The Labute approximate surface area is 346 Å². The second-order valence-corrected chi connectivity index (χ2v) is 16.1. The molecule has 13 rings (SSSR count). The third-order valence-corrected chi connectivity index (χ3v) is 12.7. The molecule has 0 aliphatic carbocycles. The van der Waals surface area contributed by atoms with Crippen LogP contribution in [-0.4, -0.2) is 29.1 Å². The SMILES string of the molecule is c1ccc(-c2nc(-c3cccc4c3oc3ccccc34)nc(-n3c4ccccc4c4ccc5c6ccccc6n(-c6cccc(-c7nc8ccccc8s7)c6)c5c43)n2)cc1. The molecule has 5 aromatic heterocycles. The molecule has 0 saturated heterocycles. The molecular formula is C52H30N6OS. The second kappa shape index (κ2) is 12.8. The first-order chi connectivity index (χ1) is 29.7. The molecular weight excluding hydrogens is 757 g/mol. The first-order valence-electron chi connectivity index (χ1n) is 19.9. The van der Waals surface area contributed by atoms with Gasteiger partial charge < -0.3 is 8.98 Å². The summed E-state index contributed by atoms with van der Waals surface area (Å²) >= 11 is 1.72. The first kappa shape index (κ1) is 33.1. The van der Waals surface area contributed by atoms with Gasteiger partial charge in [0.15, 0.2) is 11.6 Å². The largest absolute Gasteiger partial charge is 0.455 e. The van der Waals surface area contributed by atoms with Gasteiger partial charge in [0.05, 0.1) is 37.8 Å². The van der Waals surface area contributed by atoms with E-state index < -0.39 is 0 Å². The molecule has 13 aromatic rings. The molecule has 0 spiro atoms. The van der Waals surface area contributed by atoms with Gasteiger partial charge in [-0.2, -0.15) is 9.97 Å². The maximum Gasteiger partial charge on any atom is 0.238 e. The highest BCUT2D eigenvalue weighted by Gasteiger charge is 2.24. The molecule has 0 aliphatic heterocycles. The summed E-state index contributed by atoms with van der Waals surface area (Å²) in [5.74, 6) is 1.63. The van der Waals surface area contributed by atoms with Crippen LogP contribution in [0.15, 0.2) is 186 Å². The van der Waals surface area contributed by atoms with Crippen molar-refractivity contribution in [3.05, 3.63) is 182 Å². The van der Waals surface area contributed by atoms with E-state index in [9.17, 15) is 0 Å². The number of aromatic nitrogens is 6. The molecule has 0 N–H and O–H groups in total. The van der Waals surface area contributed by atoms with Crippen LogP contribution < -0.4 is 0 Å². The highest BCUT2D eigenvalue weighted by molar-refractivity contribution is 7.21. The summed E-state index contributed by atoms with van der Waals surface area (Å²) in [4.78, 5) is 20.9. The molecule has 280 valence electrons. The van der Waals surface area contributed by atoms with Gasteiger partial charge >= 0.3 is 0 Å². The molecule has 0 saturated carbocycles. The molecule has 0 atom stereocenters. The fraction of sp³-hybridized carbons (Fsp3) is 0. The average molecular weight is 787 g/mol. The standard InChI is InChI=1S/C52H30N6OS/c1-2-14-31(15-3-1)49-54-50(40-22-13-21-39-36-20-6-10-26-44(36)59-48(39)40)56-52(55-49)58-43-25-9-5-19-35(43)38-29-28-37-34-18-4-8-24-42(34)57(46(37)47(38)58)33-17-12-16-32(30-33)51-53-41-23-7-11-27-45(41)60-51/h1-30H. The minimum Gasteiger partial charge on any atom is -0.455 e. The van der Waals surface area contributed by atoms with Crippen LogP contribution >= 0.6 is 11.3 Å². The number of para-hydroxylation sites is 5. The zero-order valence-corrected chi connectivity index (χ0v) is 32.6. The first-order valence-corrected chi connectivity index (χ1v) is 20.7. The summed E-state index contributed by atoms with van der Waals surface area (Å²) in [6, 6.07) is 63.2. The molecule has 5 heterocycles. The van der Waals surface area contributed by atoms with Gasteiger partial charge in [0.25, 0.3) is 0 Å². The maximum absolute atomic E-state index is 6.56. The minimum atomic E-state index is 0.519. The van der Waals surface area contributed by atoms with E-state index in [1.807, 2.05) is 60.7 Å². The normalized spacial score (nSPS) is 12.0. The molecule has 0 bridgehead atoms. The zero-order chi connectivity index (χ0) is 39.3. The topological polar surface area (TPSA) is 74.6 Å². The van der Waals surface area contributed by atoms with E-state index in [0.717, 1.165) is 98.5 Å². The molecule has 7 nitrogen and oxygen atoms in total. The van der Waals surface area contributed by atoms with E-state index in [1.165, 1.54) is 4.70 Å². The van der Waals surface area contributed by atoms with Gasteiger partial charge in [0.2, 0.25) is 5.95 Å². The number of thiazole rings is 1. The Morgan fingerprint density at radius 1 is 0.433 bits per heavy atom. The molecule has 0 aliphatic rings. The van der Waals surface area contributed by atoms with Crippen LogP contribution in [0.2, 0.25) is 0 Å². The minimum absolute atomic E-state index is 0.519. The summed E-state index contributed by atoms with van der Waals surface area (Å²) < 4.78 is 12.4. The van der Waals surface area contributed by atoms with Crippen molar-refractivity contribution in [1.82, 2.24) is 29.1 Å². The van der Waals surface area contributed by atoms with Crippen LogP contribution in [0, 0.1) is 0 Å². The van der Waals surface area contributed by atoms with E-state index >= 15 is 0 Å². The Kier molecular flexibility index (Phi) is 7.05. The van der Waals surface area contributed by atoms with E-state index in [4.69, 9.17) is 24.4 Å². The lowest BCUT2D eigenvalue weighted by atomic mass is 10.1. The fourth-order valence-electron chi connectivity index (χ4n) is 8.98. The fourth-order valence-corrected chi connectivity index (χ4v) is 9.94. The van der Waals surface area contributed by atoms with E-state index in [2.05, 4.69) is 130 Å². The predicted molar refractivity (Wildman–Crippen MR) is 245 cm³/mol.